The van der Waals surface area contributed by atoms with Gasteiger partial charge in [0, 0.05) is 35.2 Å². The summed E-state index contributed by atoms with van der Waals surface area (Å²) < 4.78 is 16.9. The molecule has 2 aliphatic rings. The van der Waals surface area contributed by atoms with Gasteiger partial charge in [0.1, 0.15) is 18.1 Å². The van der Waals surface area contributed by atoms with Crippen LogP contribution >= 0.6 is 15.9 Å². The van der Waals surface area contributed by atoms with E-state index >= 15 is 0 Å². The number of likely N-dealkylation sites (tertiary alicyclic amines) is 1. The van der Waals surface area contributed by atoms with Crippen molar-refractivity contribution in [1.29, 1.82) is 0 Å². The van der Waals surface area contributed by atoms with Crippen molar-refractivity contribution in [1.82, 2.24) is 4.90 Å². The van der Waals surface area contributed by atoms with E-state index in [1.165, 1.54) is 7.11 Å². The van der Waals surface area contributed by atoms with Crippen LogP contribution in [-0.4, -0.2) is 50.3 Å². The summed E-state index contributed by atoms with van der Waals surface area (Å²) in [4.78, 5) is 29.1. The molecule has 0 aliphatic carbocycles. The monoisotopic (exact) mass is 474 g/mol. The van der Waals surface area contributed by atoms with E-state index in [9.17, 15) is 9.59 Å². The molecule has 2 aliphatic heterocycles. The van der Waals surface area contributed by atoms with E-state index < -0.39 is 0 Å². The number of rotatable bonds is 4. The second-order valence-electron chi connectivity index (χ2n) is 7.29. The molecule has 1 saturated heterocycles. The van der Waals surface area contributed by atoms with Crippen LogP contribution in [-0.2, 0) is 11.3 Å². The molecule has 0 radical (unpaired) electrons. The van der Waals surface area contributed by atoms with Crippen LogP contribution in [0, 0.1) is 0 Å². The lowest BCUT2D eigenvalue weighted by Gasteiger charge is -2.40. The summed E-state index contributed by atoms with van der Waals surface area (Å²) in [7, 11) is 3.11. The normalized spacial score (nSPS) is 16.7. The Bertz CT molecular complexity index is 972. The average molecular weight is 475 g/mol. The van der Waals surface area contributed by atoms with Crippen LogP contribution in [0.4, 0.5) is 10.5 Å². The van der Waals surface area contributed by atoms with Crippen molar-refractivity contribution >= 4 is 33.6 Å². The summed E-state index contributed by atoms with van der Waals surface area (Å²) in [5.74, 6) is 1.04. The molecule has 0 saturated carbocycles. The van der Waals surface area contributed by atoms with Crippen LogP contribution in [0.3, 0.4) is 0 Å². The quantitative estimate of drug-likeness (QED) is 0.663. The summed E-state index contributed by atoms with van der Waals surface area (Å²) in [6, 6.07) is 11.0. The Kier molecular flexibility index (Phi) is 5.85. The fraction of sp³-hybridized carbons (Fsp3) is 0.364. The molecule has 7 nitrogen and oxygen atoms in total. The Labute approximate surface area is 183 Å². The standard InChI is InChI=1S/C22H23BrN2O5/c1-28-17-4-5-18(20(12-17)29-2)21(26)24-9-7-16(8-10-24)25-19-6-3-15(23)11-14(19)13-30-22(25)27/h3-6,11-12,16H,7-10,13H2,1-2H3. The SMILES string of the molecule is COc1ccc(C(=O)N2CCC(N3C(=O)OCc4cc(Br)ccc43)CC2)c(OC)c1. The second kappa shape index (κ2) is 8.55. The van der Waals surface area contributed by atoms with E-state index in [0.717, 1.165) is 15.7 Å². The number of carbonyl (C=O) groups is 2. The molecule has 8 heteroatoms. The van der Waals surface area contributed by atoms with Crippen molar-refractivity contribution in [2.75, 3.05) is 32.2 Å². The number of nitrogens with zero attached hydrogens (tertiary/aromatic N) is 2. The molecule has 30 heavy (non-hydrogen) atoms. The summed E-state index contributed by atoms with van der Waals surface area (Å²) in [6.07, 6.45) is 1.02. The molecular formula is C22H23BrN2O5. The minimum atomic E-state index is -0.327. The van der Waals surface area contributed by atoms with Gasteiger partial charge in [-0.2, -0.15) is 0 Å². The third-order valence-corrected chi connectivity index (χ3v) is 6.10. The highest BCUT2D eigenvalue weighted by Crippen LogP contribution is 2.34. The number of amides is 2. The van der Waals surface area contributed by atoms with Gasteiger partial charge in [-0.1, -0.05) is 15.9 Å². The zero-order valence-corrected chi connectivity index (χ0v) is 18.5. The molecular weight excluding hydrogens is 452 g/mol. The molecule has 0 N–H and O–H groups in total. The van der Waals surface area contributed by atoms with E-state index in [0.29, 0.717) is 43.0 Å². The van der Waals surface area contributed by atoms with Crippen molar-refractivity contribution in [3.05, 3.63) is 52.0 Å². The summed E-state index contributed by atoms with van der Waals surface area (Å²) >= 11 is 3.47. The number of fused-ring (bicyclic) bond motifs is 1. The number of hydrogen-bond acceptors (Lipinski definition) is 5. The lowest BCUT2D eigenvalue weighted by atomic mass is 10.00. The molecule has 1 fully saturated rings. The van der Waals surface area contributed by atoms with Gasteiger partial charge < -0.3 is 19.1 Å². The fourth-order valence-corrected chi connectivity index (χ4v) is 4.44. The van der Waals surface area contributed by atoms with Crippen molar-refractivity contribution in [2.45, 2.75) is 25.5 Å². The van der Waals surface area contributed by atoms with Crippen molar-refractivity contribution in [2.24, 2.45) is 0 Å². The number of cyclic esters (lactones) is 1. The van der Waals surface area contributed by atoms with E-state index in [1.807, 2.05) is 18.2 Å². The van der Waals surface area contributed by atoms with Gasteiger partial charge in [0.2, 0.25) is 0 Å². The molecule has 0 spiro atoms. The predicted molar refractivity (Wildman–Crippen MR) is 115 cm³/mol. The molecule has 0 aromatic heterocycles. The number of carbonyl (C=O) groups excluding carboxylic acids is 2. The number of piperidine rings is 1. The number of halogens is 1. The predicted octanol–water partition coefficient (Wildman–Crippen LogP) is 4.23. The number of anilines is 1. The Morgan fingerprint density at radius 3 is 2.57 bits per heavy atom. The molecule has 2 aromatic carbocycles. The van der Waals surface area contributed by atoms with E-state index in [-0.39, 0.29) is 24.6 Å². The minimum absolute atomic E-state index is 0.0143. The Morgan fingerprint density at radius 1 is 1.10 bits per heavy atom. The van der Waals surface area contributed by atoms with Crippen molar-refractivity contribution in [3.63, 3.8) is 0 Å². The van der Waals surface area contributed by atoms with Crippen LogP contribution < -0.4 is 14.4 Å². The van der Waals surface area contributed by atoms with E-state index in [1.54, 1.807) is 35.1 Å². The average Bonchev–Trinajstić information content (AvgIpc) is 2.78. The zero-order chi connectivity index (χ0) is 21.3. The first-order chi connectivity index (χ1) is 14.5. The molecule has 0 bridgehead atoms. The van der Waals surface area contributed by atoms with Gasteiger partial charge in [-0.25, -0.2) is 4.79 Å². The van der Waals surface area contributed by atoms with E-state index in [2.05, 4.69) is 15.9 Å². The van der Waals surface area contributed by atoms with Crippen LogP contribution in [0.15, 0.2) is 40.9 Å². The zero-order valence-electron chi connectivity index (χ0n) is 16.9. The highest BCUT2D eigenvalue weighted by Gasteiger charge is 2.35. The van der Waals surface area contributed by atoms with Gasteiger partial charge >= 0.3 is 6.09 Å². The van der Waals surface area contributed by atoms with Gasteiger partial charge in [0.15, 0.2) is 0 Å². The van der Waals surface area contributed by atoms with Gasteiger partial charge in [-0.3, -0.25) is 9.69 Å². The second-order valence-corrected chi connectivity index (χ2v) is 8.20. The maximum atomic E-state index is 13.1. The lowest BCUT2D eigenvalue weighted by molar-refractivity contribution is 0.0705. The van der Waals surface area contributed by atoms with Gasteiger partial charge in [-0.15, -0.1) is 0 Å². The summed E-state index contributed by atoms with van der Waals surface area (Å²) in [5, 5.41) is 0. The largest absolute Gasteiger partial charge is 0.497 e. The fourth-order valence-electron chi connectivity index (χ4n) is 4.03. The molecule has 2 aromatic rings. The maximum Gasteiger partial charge on any atom is 0.414 e. The van der Waals surface area contributed by atoms with Gasteiger partial charge in [0.25, 0.3) is 5.91 Å². The molecule has 158 valence electrons. The van der Waals surface area contributed by atoms with Gasteiger partial charge in [0.05, 0.1) is 25.5 Å². The first kappa shape index (κ1) is 20.5. The molecule has 0 unspecified atom stereocenters. The lowest BCUT2D eigenvalue weighted by Crippen LogP contribution is -2.50. The van der Waals surface area contributed by atoms with Crippen molar-refractivity contribution < 1.29 is 23.8 Å². The topological polar surface area (TPSA) is 68.3 Å². The molecule has 0 atom stereocenters. The highest BCUT2D eigenvalue weighted by molar-refractivity contribution is 9.10. The number of methoxy groups -OCH3 is 2. The van der Waals surface area contributed by atoms with Crippen LogP contribution in [0.5, 0.6) is 11.5 Å². The number of hydrogen-bond donors (Lipinski definition) is 0. The smallest absolute Gasteiger partial charge is 0.414 e. The molecule has 4 rings (SSSR count). The molecule has 2 amide bonds. The van der Waals surface area contributed by atoms with Crippen LogP contribution in [0.2, 0.25) is 0 Å². The van der Waals surface area contributed by atoms with Gasteiger partial charge in [-0.05, 0) is 43.2 Å². The van der Waals surface area contributed by atoms with Crippen LogP contribution in [0.25, 0.3) is 0 Å². The first-order valence-electron chi connectivity index (χ1n) is 9.77. The summed E-state index contributed by atoms with van der Waals surface area (Å²) in [6.45, 7) is 1.38. The Hall–Kier alpha value is -2.74. The number of ether oxygens (including phenoxy) is 3. The highest BCUT2D eigenvalue weighted by atomic mass is 79.9. The maximum absolute atomic E-state index is 13.1. The third-order valence-electron chi connectivity index (χ3n) is 5.60. The summed E-state index contributed by atoms with van der Waals surface area (Å²) in [5.41, 5.74) is 2.37. The first-order valence-corrected chi connectivity index (χ1v) is 10.6. The Morgan fingerprint density at radius 2 is 1.87 bits per heavy atom. The third kappa shape index (κ3) is 3.84. The Balaban J connectivity index is 1.48. The van der Waals surface area contributed by atoms with E-state index in [4.69, 9.17) is 14.2 Å². The van der Waals surface area contributed by atoms with Crippen molar-refractivity contribution in [3.8, 4) is 11.5 Å². The number of benzene rings is 2. The molecule has 2 heterocycles. The van der Waals surface area contributed by atoms with Crippen LogP contribution in [0.1, 0.15) is 28.8 Å². The minimum Gasteiger partial charge on any atom is -0.497 e.